The standard InChI is InChI=1S/C48H59NO13Si/c1-63(2,3)25-24-55-46-44(58-29-34-20-12-6-13-21-34)43(57-28-33-18-10-5-11-19-33)41(56-27-32-16-8-4-9-17-32)38(61-46)31-60-48-26-36(50)39(49-47(48)54)42(62-48)40(52)37(51)30-59-45(53)35-22-14-7-15-23-35/h4-23,36-44,46,50-52H,24-31H2,1-3H3,(H,49,54)/t36-,37+,38+,39+,40+,41+,42+,43-,44+,46+,48+/m0/s1. The highest BCUT2D eigenvalue weighted by molar-refractivity contribution is 6.76. The third-order valence-corrected chi connectivity index (χ3v) is 13.1. The summed E-state index contributed by atoms with van der Waals surface area (Å²) in [6, 6.07) is 37.1. The van der Waals surface area contributed by atoms with Gasteiger partial charge in [0.15, 0.2) is 6.29 Å². The number of hydrogen-bond donors (Lipinski definition) is 4. The molecule has 4 saturated heterocycles. The minimum Gasteiger partial charge on any atom is -0.459 e. The normalized spacial score (nSPS) is 27.9. The maximum Gasteiger partial charge on any atom is 0.338 e. The summed E-state index contributed by atoms with van der Waals surface area (Å²) in [6.07, 6.45) is -10.5. The Bertz CT molecular complexity index is 2030. The topological polar surface area (TPSA) is 181 Å². The van der Waals surface area contributed by atoms with Crippen LogP contribution in [0.1, 0.15) is 33.5 Å². The molecule has 0 saturated carbocycles. The monoisotopic (exact) mass is 885 g/mol. The number of amides is 1. The number of hydrogen-bond acceptors (Lipinski definition) is 13. The SMILES string of the molecule is C[Si](C)(C)CCO[C@@H]1O[C@H](CO[C@@]23C[C@H](O)[C@@H](NC2=O)[C@H]([C@H](O)[C@H](O)COC(=O)c2ccccc2)O3)[C@@H](OCc2ccccc2)[C@H](OCc2ccccc2)[C@H]1OCc1ccccc1. The lowest BCUT2D eigenvalue weighted by molar-refractivity contribution is -0.353. The van der Waals surface area contributed by atoms with Gasteiger partial charge in [-0.3, -0.25) is 4.79 Å². The van der Waals surface area contributed by atoms with E-state index in [-0.39, 0.29) is 38.4 Å². The molecule has 2 bridgehead atoms. The predicted molar refractivity (Wildman–Crippen MR) is 233 cm³/mol. The average Bonchev–Trinajstić information content (AvgIpc) is 3.29. The van der Waals surface area contributed by atoms with E-state index in [0.29, 0.717) is 6.61 Å². The van der Waals surface area contributed by atoms with Crippen LogP contribution < -0.4 is 5.32 Å². The molecule has 0 spiro atoms. The third kappa shape index (κ3) is 12.3. The number of ether oxygens (including phenoxy) is 8. The Hall–Kier alpha value is -4.36. The average molecular weight is 886 g/mol. The fraction of sp³-hybridized carbons (Fsp3) is 0.458. The number of morpholine rings is 1. The number of aliphatic hydroxyl groups is 3. The molecular formula is C48H59NO13Si. The Morgan fingerprint density at radius 2 is 1.29 bits per heavy atom. The second-order valence-electron chi connectivity index (χ2n) is 17.4. The molecule has 0 unspecified atom stereocenters. The van der Waals surface area contributed by atoms with Crippen molar-refractivity contribution in [2.24, 2.45) is 0 Å². The summed E-state index contributed by atoms with van der Waals surface area (Å²) in [5, 5.41) is 36.4. The minimum atomic E-state index is -2.11. The van der Waals surface area contributed by atoms with Crippen LogP contribution in [0.2, 0.25) is 25.7 Å². The van der Waals surface area contributed by atoms with Crippen molar-refractivity contribution in [2.75, 3.05) is 19.8 Å². The van der Waals surface area contributed by atoms with Crippen LogP contribution in [0.25, 0.3) is 0 Å². The first-order chi connectivity index (χ1) is 30.4. The van der Waals surface area contributed by atoms with Crippen molar-refractivity contribution in [1.82, 2.24) is 5.32 Å². The van der Waals surface area contributed by atoms with Gasteiger partial charge in [0.25, 0.3) is 11.7 Å². The quantitative estimate of drug-likeness (QED) is 0.0666. The highest BCUT2D eigenvalue weighted by atomic mass is 28.3. The molecule has 1 amide bonds. The van der Waals surface area contributed by atoms with E-state index in [1.807, 2.05) is 91.0 Å². The Morgan fingerprint density at radius 3 is 1.84 bits per heavy atom. The summed E-state index contributed by atoms with van der Waals surface area (Å²) in [5.74, 6) is -3.48. The number of carbonyl (C=O) groups is 2. The van der Waals surface area contributed by atoms with Crippen LogP contribution in [-0.2, 0) is 62.5 Å². The van der Waals surface area contributed by atoms with Crippen molar-refractivity contribution in [3.05, 3.63) is 144 Å². The van der Waals surface area contributed by atoms with Gasteiger partial charge in [-0.15, -0.1) is 0 Å². The maximum absolute atomic E-state index is 13.8. The number of nitrogens with one attached hydrogen (secondary N) is 1. The molecule has 4 N–H and O–H groups in total. The van der Waals surface area contributed by atoms with Gasteiger partial charge in [0.1, 0.15) is 49.3 Å². The number of piperidine rings is 1. The van der Waals surface area contributed by atoms with Gasteiger partial charge >= 0.3 is 5.97 Å². The van der Waals surface area contributed by atoms with Crippen molar-refractivity contribution >= 4 is 20.0 Å². The Kier molecular flexibility index (Phi) is 15.9. The molecule has 0 aliphatic carbocycles. The van der Waals surface area contributed by atoms with Crippen molar-refractivity contribution < 1.29 is 62.8 Å². The predicted octanol–water partition coefficient (Wildman–Crippen LogP) is 4.76. The summed E-state index contributed by atoms with van der Waals surface area (Å²) < 4.78 is 51.5. The van der Waals surface area contributed by atoms with Gasteiger partial charge in [-0.1, -0.05) is 129 Å². The number of carbonyl (C=O) groups excluding carboxylic acids is 2. The fourth-order valence-corrected chi connectivity index (χ4v) is 8.57. The van der Waals surface area contributed by atoms with Crippen molar-refractivity contribution in [3.63, 3.8) is 0 Å². The van der Waals surface area contributed by atoms with Crippen LogP contribution in [0.5, 0.6) is 0 Å². The molecule has 338 valence electrons. The Balaban J connectivity index is 1.15. The molecule has 0 aromatic heterocycles. The number of esters is 1. The molecule has 8 rings (SSSR count). The first-order valence-corrected chi connectivity index (χ1v) is 25.2. The van der Waals surface area contributed by atoms with Gasteiger partial charge in [0.2, 0.25) is 0 Å². The largest absolute Gasteiger partial charge is 0.459 e. The zero-order chi connectivity index (χ0) is 44.4. The van der Waals surface area contributed by atoms with Gasteiger partial charge in [-0.2, -0.15) is 0 Å². The van der Waals surface area contributed by atoms with E-state index >= 15 is 0 Å². The van der Waals surface area contributed by atoms with Gasteiger partial charge in [-0.05, 0) is 34.9 Å². The summed E-state index contributed by atoms with van der Waals surface area (Å²) >= 11 is 0. The molecule has 4 aliphatic rings. The first-order valence-electron chi connectivity index (χ1n) is 21.5. The van der Waals surface area contributed by atoms with E-state index in [2.05, 4.69) is 25.0 Å². The molecule has 4 heterocycles. The lowest BCUT2D eigenvalue weighted by Gasteiger charge is -2.53. The van der Waals surface area contributed by atoms with E-state index in [1.54, 1.807) is 30.3 Å². The number of rotatable bonds is 21. The minimum absolute atomic E-state index is 0.173. The number of fused-ring (bicyclic) bond motifs is 3. The summed E-state index contributed by atoms with van der Waals surface area (Å²) in [4.78, 5) is 26.4. The second kappa shape index (κ2) is 21.5. The van der Waals surface area contributed by atoms with Crippen LogP contribution >= 0.6 is 0 Å². The van der Waals surface area contributed by atoms with Crippen LogP contribution in [0, 0.1) is 0 Å². The van der Waals surface area contributed by atoms with Crippen LogP contribution in [0.3, 0.4) is 0 Å². The Morgan fingerprint density at radius 1 is 0.762 bits per heavy atom. The molecule has 63 heavy (non-hydrogen) atoms. The molecule has 0 radical (unpaired) electrons. The van der Waals surface area contributed by atoms with Crippen molar-refractivity contribution in [2.45, 2.75) is 119 Å². The van der Waals surface area contributed by atoms with Crippen LogP contribution in [-0.4, -0.2) is 122 Å². The summed E-state index contributed by atoms with van der Waals surface area (Å²) in [7, 11) is -1.55. The smallest absolute Gasteiger partial charge is 0.338 e. The molecule has 4 aromatic carbocycles. The van der Waals surface area contributed by atoms with Crippen molar-refractivity contribution in [1.29, 1.82) is 0 Å². The van der Waals surface area contributed by atoms with Crippen molar-refractivity contribution in [3.8, 4) is 0 Å². The van der Waals surface area contributed by atoms with E-state index < -0.39 is 93.5 Å². The molecule has 11 atom stereocenters. The van der Waals surface area contributed by atoms with Crippen LogP contribution in [0.15, 0.2) is 121 Å². The summed E-state index contributed by atoms with van der Waals surface area (Å²) in [5.41, 5.74) is 3.03. The highest BCUT2D eigenvalue weighted by Crippen LogP contribution is 2.39. The maximum atomic E-state index is 13.8. The lowest BCUT2D eigenvalue weighted by atomic mass is 9.84. The molecule has 15 heteroatoms. The van der Waals surface area contributed by atoms with Gasteiger partial charge < -0.3 is 58.5 Å². The first kappa shape index (κ1) is 46.6. The molecule has 4 aliphatic heterocycles. The van der Waals surface area contributed by atoms with E-state index in [4.69, 9.17) is 37.9 Å². The van der Waals surface area contributed by atoms with E-state index in [1.165, 1.54) is 0 Å². The number of benzene rings is 4. The number of aliphatic hydroxyl groups excluding tert-OH is 3. The zero-order valence-electron chi connectivity index (χ0n) is 35.9. The van der Waals surface area contributed by atoms with E-state index in [9.17, 15) is 24.9 Å². The zero-order valence-corrected chi connectivity index (χ0v) is 36.9. The lowest BCUT2D eigenvalue weighted by Crippen LogP contribution is -2.76. The van der Waals surface area contributed by atoms with Gasteiger partial charge in [-0.25, -0.2) is 4.79 Å². The molecular weight excluding hydrogens is 827 g/mol. The molecule has 4 aromatic rings. The van der Waals surface area contributed by atoms with E-state index in [0.717, 1.165) is 22.7 Å². The Labute approximate surface area is 369 Å². The van der Waals surface area contributed by atoms with Gasteiger partial charge in [0.05, 0.1) is 44.1 Å². The summed E-state index contributed by atoms with van der Waals surface area (Å²) in [6.45, 7) is 6.90. The van der Waals surface area contributed by atoms with Gasteiger partial charge in [0, 0.05) is 21.1 Å². The molecule has 14 nitrogen and oxygen atoms in total. The molecule has 4 fully saturated rings. The highest BCUT2D eigenvalue weighted by Gasteiger charge is 2.61. The van der Waals surface area contributed by atoms with Crippen LogP contribution in [0.4, 0.5) is 0 Å². The fourth-order valence-electron chi connectivity index (χ4n) is 7.84. The second-order valence-corrected chi connectivity index (χ2v) is 23.1. The third-order valence-electron chi connectivity index (χ3n) is 11.4.